The molecular weight excluding hydrogens is 1380 g/mol. The minimum atomic E-state index is -2.04. The largest absolute Gasteiger partial charge is 0.480 e. The average Bonchev–Trinajstić information content (AvgIpc) is 1.77. The fourth-order valence-electron chi connectivity index (χ4n) is 12.0. The number of guanidine groups is 1. The summed E-state index contributed by atoms with van der Waals surface area (Å²) in [5, 5.41) is 43.2. The fourth-order valence-corrected chi connectivity index (χ4v) is 12.1. The van der Waals surface area contributed by atoms with Crippen LogP contribution in [0.5, 0.6) is 0 Å². The number of halogens is 1. The van der Waals surface area contributed by atoms with E-state index in [1.807, 2.05) is 12.1 Å². The number of rotatable bonds is 26. The van der Waals surface area contributed by atoms with E-state index >= 15 is 19.2 Å². The molecular formula is C69H87ClN20O15. The van der Waals surface area contributed by atoms with E-state index in [4.69, 9.17) is 28.8 Å². The third-order valence-electron chi connectivity index (χ3n) is 17.3. The molecule has 0 saturated carbocycles. The summed E-state index contributed by atoms with van der Waals surface area (Å²) < 4.78 is 0. The van der Waals surface area contributed by atoms with Crippen molar-refractivity contribution in [3.8, 4) is 0 Å². The molecule has 2 aliphatic heterocycles. The zero-order valence-corrected chi connectivity index (χ0v) is 58.7. The number of aliphatic imine (C=N–C) groups is 1. The lowest BCUT2D eigenvalue weighted by Crippen LogP contribution is -2.61. The molecule has 4 aromatic carbocycles. The summed E-state index contributed by atoms with van der Waals surface area (Å²) in [6.45, 7) is 2.92. The van der Waals surface area contributed by atoms with Gasteiger partial charge in [0.15, 0.2) is 5.96 Å². The van der Waals surface area contributed by atoms with Crippen LogP contribution in [-0.4, -0.2) is 197 Å². The van der Waals surface area contributed by atoms with Gasteiger partial charge in [0, 0.05) is 85.8 Å². The number of nitrogens with two attached hydrogens (primary N) is 3. The summed E-state index contributed by atoms with van der Waals surface area (Å²) in [5.74, 6) is -14.8. The molecule has 560 valence electrons. The first-order chi connectivity index (χ1) is 50.1. The molecule has 3 heterocycles. The topological polar surface area (TPSA) is 550 Å². The number of H-pyrrole nitrogens is 1. The van der Waals surface area contributed by atoms with Crippen molar-refractivity contribution in [2.24, 2.45) is 33.2 Å². The van der Waals surface area contributed by atoms with Crippen LogP contribution in [0.4, 0.5) is 0 Å². The highest BCUT2D eigenvalue weighted by Crippen LogP contribution is 2.24. The van der Waals surface area contributed by atoms with Gasteiger partial charge in [0.2, 0.25) is 76.8 Å². The Morgan fingerprint density at radius 1 is 0.714 bits per heavy atom. The Balaban J connectivity index is 1.25. The molecule has 2 aliphatic rings. The molecule has 2 fully saturated rings. The number of amides is 13. The van der Waals surface area contributed by atoms with Crippen LogP contribution in [0.3, 0.4) is 0 Å². The number of aliphatic carboxylic acids is 1. The summed E-state index contributed by atoms with van der Waals surface area (Å²) in [7, 11) is 0. The molecule has 0 aliphatic carbocycles. The standard InChI is InChI=1S/C69H87ClN20O15/c1-36(2)26-48(60(96)81-47(14-8-23-76-69(72)73)67(103)90-25-9-15-55(90)66(102)87-54(33-71)68(104)105)82-62(98)50(29-39-16-19-40-10-4-5-11-41(40)27-39)83-59(95)46-22-24-75-58(94)35-78-56(92)31-52(79-37(3)91)64(100)84-49(28-38-17-20-43(70)21-18-38)61(97)85-51(30-42-34-77-45-13-7-6-12-44(42)45)63(99)86-53(65(101)80-46)32-57(93)88-89-74/h4-7,10-13,16-21,27,34,36,46-55,77H,8-9,14-15,22-26,28-33,35,71H2,1-3H3,(H,75,94)(H,78,92)(H,79,91)(H,80,101)(H,81,96)(H,82,98)(H,83,95)(H,84,100)(H,85,97)(H,86,99)(H,87,102)(H,104,105)(H4,72,73,76)/t46-,47-,48-,49+,50+,51+,52-,53-,54-,55-/m0/s1. The van der Waals surface area contributed by atoms with E-state index in [9.17, 15) is 58.6 Å². The number of aromatic amines is 1. The van der Waals surface area contributed by atoms with Gasteiger partial charge >= 0.3 is 5.97 Å². The van der Waals surface area contributed by atoms with E-state index in [-0.39, 0.29) is 69.9 Å². The average molecular weight is 1470 g/mol. The van der Waals surface area contributed by atoms with Crippen LogP contribution < -0.4 is 75.7 Å². The van der Waals surface area contributed by atoms with Crippen molar-refractivity contribution in [3.63, 3.8) is 0 Å². The van der Waals surface area contributed by atoms with E-state index in [1.165, 1.54) is 17.0 Å². The van der Waals surface area contributed by atoms with Crippen LogP contribution in [-0.2, 0) is 86.4 Å². The Morgan fingerprint density at radius 3 is 2.04 bits per heavy atom. The molecule has 2 saturated heterocycles. The number of hydrogen-bond donors (Lipinski definition) is 16. The number of para-hydroxylation sites is 1. The van der Waals surface area contributed by atoms with Crippen molar-refractivity contribution < 1.29 is 72.2 Å². The normalized spacial score (nSPS) is 19.7. The predicted molar refractivity (Wildman–Crippen MR) is 383 cm³/mol. The van der Waals surface area contributed by atoms with Gasteiger partial charge in [0.25, 0.3) is 0 Å². The Bertz CT molecular complexity index is 4120. The zero-order valence-electron chi connectivity index (χ0n) is 57.9. The first-order valence-electron chi connectivity index (χ1n) is 34.0. The van der Waals surface area contributed by atoms with Crippen LogP contribution in [0.1, 0.15) is 88.8 Å². The number of nitrogens with zero attached hydrogens (tertiary/aromatic N) is 5. The molecule has 13 amide bonds. The van der Waals surface area contributed by atoms with Crippen LogP contribution in [0.15, 0.2) is 107 Å². The molecule has 5 aromatic rings. The first kappa shape index (κ1) is 80.6. The van der Waals surface area contributed by atoms with E-state index in [2.05, 4.69) is 78.5 Å². The van der Waals surface area contributed by atoms with Gasteiger partial charge in [-0.25, -0.2) is 4.79 Å². The van der Waals surface area contributed by atoms with Crippen LogP contribution in [0, 0.1) is 5.92 Å². The van der Waals surface area contributed by atoms with Crippen molar-refractivity contribution in [1.82, 2.24) is 68.4 Å². The van der Waals surface area contributed by atoms with Gasteiger partial charge in [-0.15, -0.1) is 0 Å². The third-order valence-corrected chi connectivity index (χ3v) is 17.5. The maximum Gasteiger partial charge on any atom is 0.327 e. The molecule has 1 aromatic heterocycles. The van der Waals surface area contributed by atoms with E-state index in [0.717, 1.165) is 17.7 Å². The van der Waals surface area contributed by atoms with Gasteiger partial charge in [-0.2, -0.15) is 0 Å². The summed E-state index contributed by atoms with van der Waals surface area (Å²) in [6.07, 6.45) is -1.33. The lowest BCUT2D eigenvalue weighted by molar-refractivity contribution is -0.145. The quantitative estimate of drug-likeness (QED) is 0.00770. The van der Waals surface area contributed by atoms with Gasteiger partial charge in [-0.3, -0.25) is 67.3 Å². The molecule has 0 unspecified atom stereocenters. The second-order valence-corrected chi connectivity index (χ2v) is 26.2. The van der Waals surface area contributed by atoms with Gasteiger partial charge in [-0.05, 0) is 101 Å². The molecule has 0 bridgehead atoms. The number of nitrogens with one attached hydrogen (secondary N) is 12. The summed E-state index contributed by atoms with van der Waals surface area (Å²) in [6, 6.07) is 9.53. The number of aromatic nitrogens is 1. The molecule has 36 heteroatoms. The minimum Gasteiger partial charge on any atom is -0.480 e. The second kappa shape index (κ2) is 39.1. The van der Waals surface area contributed by atoms with Crippen molar-refractivity contribution in [3.05, 3.63) is 129 Å². The molecule has 7 rings (SSSR count). The number of carbonyl (C=O) groups is 14. The zero-order chi connectivity index (χ0) is 76.4. The lowest BCUT2D eigenvalue weighted by atomic mass is 9.98. The Hall–Kier alpha value is -11.7. The van der Waals surface area contributed by atoms with Crippen molar-refractivity contribution in [2.75, 3.05) is 32.7 Å². The maximum atomic E-state index is 15.3. The Labute approximate surface area is 607 Å². The minimum absolute atomic E-state index is 0.00476. The van der Waals surface area contributed by atoms with Gasteiger partial charge in [0.05, 0.1) is 13.0 Å². The van der Waals surface area contributed by atoms with Crippen LogP contribution in [0.25, 0.3) is 32.1 Å². The Kier molecular flexibility index (Phi) is 30.0. The fraction of sp³-hybridized carbons (Fsp3) is 0.435. The number of carboxylic acids is 1. The molecule has 0 radical (unpaired) electrons. The molecule has 105 heavy (non-hydrogen) atoms. The molecule has 19 N–H and O–H groups in total. The lowest BCUT2D eigenvalue weighted by Gasteiger charge is -2.31. The first-order valence-corrected chi connectivity index (χ1v) is 34.3. The second-order valence-electron chi connectivity index (χ2n) is 25.8. The van der Waals surface area contributed by atoms with Gasteiger partial charge in [-0.1, -0.05) is 98.2 Å². The maximum absolute atomic E-state index is 15.3. The van der Waals surface area contributed by atoms with E-state index in [0.29, 0.717) is 39.0 Å². The van der Waals surface area contributed by atoms with Crippen LogP contribution in [0.2, 0.25) is 5.02 Å². The monoisotopic (exact) mass is 1470 g/mol. The third kappa shape index (κ3) is 24.5. The summed E-state index contributed by atoms with van der Waals surface area (Å²) in [5.41, 5.74) is 28.1. The van der Waals surface area contributed by atoms with Crippen molar-refractivity contribution >= 4 is 122 Å². The highest BCUT2D eigenvalue weighted by atomic mass is 35.5. The molecule has 10 atom stereocenters. The van der Waals surface area contributed by atoms with E-state index in [1.54, 1.807) is 86.8 Å². The SMILES string of the molecule is CC(=O)N[C@H]1CC(=O)NCC(=O)NCC[C@@H](C(=O)N[C@H](Cc2ccc3ccccc3c2)C(=O)N[C@@H](CC(C)C)C(=O)N[C@@H](CCCN=C(N)N)C(=O)N2CCC[C@H]2C(=O)N[C@@H](CN)C(=O)O)NC(=O)[C@H](CC(=O)N=[N+]=[N-])NC(=O)[C@@H](Cc2c[nH]c3ccccc23)NC(=O)[C@@H](Cc2ccc(Cl)cc2)NC1=O. The van der Waals surface area contributed by atoms with Crippen molar-refractivity contribution in [1.29, 1.82) is 0 Å². The Morgan fingerprint density at radius 2 is 1.35 bits per heavy atom. The number of carboxylic acid groups (broad SMARTS) is 1. The van der Waals surface area contributed by atoms with E-state index < -0.39 is 182 Å². The highest BCUT2D eigenvalue weighted by Gasteiger charge is 2.41. The van der Waals surface area contributed by atoms with Gasteiger partial charge < -0.3 is 90.7 Å². The number of hydrogen-bond acceptors (Lipinski definition) is 16. The van der Waals surface area contributed by atoms with Crippen molar-refractivity contribution in [2.45, 2.75) is 152 Å². The molecule has 35 nitrogen and oxygen atoms in total. The molecule has 0 spiro atoms. The number of carbonyl (C=O) groups excluding carboxylic acids is 13. The number of fused-ring (bicyclic) bond motifs is 2. The number of benzene rings is 4. The van der Waals surface area contributed by atoms with Crippen LogP contribution >= 0.6 is 11.6 Å². The highest BCUT2D eigenvalue weighted by molar-refractivity contribution is 6.30. The van der Waals surface area contributed by atoms with Gasteiger partial charge in [0.1, 0.15) is 60.4 Å². The number of likely N-dealkylation sites (tertiary alicyclic amines) is 1. The summed E-state index contributed by atoms with van der Waals surface area (Å²) >= 11 is 6.19. The smallest absolute Gasteiger partial charge is 0.327 e. The summed E-state index contributed by atoms with van der Waals surface area (Å²) in [4.78, 5) is 208. The number of azide groups is 1. The predicted octanol–water partition coefficient (Wildman–Crippen LogP) is -1.23.